The van der Waals surface area contributed by atoms with E-state index in [0.717, 1.165) is 13.6 Å². The van der Waals surface area contributed by atoms with Gasteiger partial charge in [-0.1, -0.05) is 0 Å². The second kappa shape index (κ2) is 4.47. The van der Waals surface area contributed by atoms with Gasteiger partial charge >= 0.3 is 35.5 Å². The van der Waals surface area contributed by atoms with E-state index in [9.17, 15) is 14.3 Å². The largest absolute Gasteiger partial charge is 1.00 e. The predicted molar refractivity (Wildman–Crippen MR) is 25.3 cm³/mol. The second-order valence-electron chi connectivity index (χ2n) is 1.35. The first kappa shape index (κ1) is 12.3. The van der Waals surface area contributed by atoms with Crippen molar-refractivity contribution in [3.05, 3.63) is 0 Å². The zero-order valence-corrected chi connectivity index (χ0v) is 8.47. The Morgan fingerprint density at radius 3 is 2.00 bits per heavy atom. The molecule has 0 heterocycles. The molecule has 0 spiro atoms. The van der Waals surface area contributed by atoms with Crippen molar-refractivity contribution in [2.24, 2.45) is 0 Å². The van der Waals surface area contributed by atoms with Gasteiger partial charge in [0.1, 0.15) is 0 Å². The van der Waals surface area contributed by atoms with E-state index in [-0.39, 0.29) is 29.6 Å². The maximum absolute atomic E-state index is 10.0. The van der Waals surface area contributed by atoms with E-state index in [1.165, 1.54) is 0 Å². The Labute approximate surface area is 75.4 Å². The van der Waals surface area contributed by atoms with Crippen molar-refractivity contribution in [1.82, 2.24) is 0 Å². The van der Waals surface area contributed by atoms with E-state index >= 15 is 0 Å². The molecule has 4 nitrogen and oxygen atoms in total. The number of carbonyl (C=O) groups is 1. The molecule has 0 N–H and O–H groups in total. The van der Waals surface area contributed by atoms with Crippen molar-refractivity contribution in [3.63, 3.8) is 0 Å². The van der Waals surface area contributed by atoms with Crippen LogP contribution in [0.25, 0.3) is 0 Å². The van der Waals surface area contributed by atoms with Crippen LogP contribution in [0, 0.1) is 0 Å². The monoisotopic (exact) mass is 160 g/mol. The van der Waals surface area contributed by atoms with Gasteiger partial charge in [-0.25, -0.2) is 0 Å². The average Bonchev–Trinajstić information content (AvgIpc) is 1.21. The van der Waals surface area contributed by atoms with Crippen molar-refractivity contribution in [1.29, 1.82) is 0 Å². The van der Waals surface area contributed by atoms with Crippen molar-refractivity contribution in [3.8, 4) is 0 Å². The third-order valence-corrected chi connectivity index (χ3v) is 0.883. The van der Waals surface area contributed by atoms with E-state index in [4.69, 9.17) is 0 Å². The van der Waals surface area contributed by atoms with Gasteiger partial charge in [0.05, 0.1) is 0 Å². The SMILES string of the molecule is CC(=O)OP(C)(=O)[O-].[Na+]. The molecular formula is C3H6NaO4P. The Kier molecular flexibility index (Phi) is 6.13. The summed E-state index contributed by atoms with van der Waals surface area (Å²) < 4.78 is 13.8. The van der Waals surface area contributed by atoms with Gasteiger partial charge in [0, 0.05) is 13.6 Å². The molecule has 0 saturated heterocycles. The summed E-state index contributed by atoms with van der Waals surface area (Å²) in [6.07, 6.45) is 0. The molecule has 0 bridgehead atoms. The molecule has 0 aliphatic carbocycles. The van der Waals surface area contributed by atoms with Gasteiger partial charge in [-0.15, -0.1) is 0 Å². The molecule has 0 aliphatic heterocycles. The third-order valence-electron chi connectivity index (χ3n) is 0.294. The number of rotatable bonds is 1. The molecule has 0 fully saturated rings. The van der Waals surface area contributed by atoms with Crippen LogP contribution in [0.4, 0.5) is 0 Å². The minimum atomic E-state index is -3.82. The molecule has 1 atom stereocenters. The maximum Gasteiger partial charge on any atom is 1.00 e. The van der Waals surface area contributed by atoms with E-state index < -0.39 is 13.6 Å². The van der Waals surface area contributed by atoms with Crippen LogP contribution < -0.4 is 34.5 Å². The summed E-state index contributed by atoms with van der Waals surface area (Å²) in [6.45, 7) is 1.88. The Bertz CT molecular complexity index is 139. The molecule has 0 saturated carbocycles. The van der Waals surface area contributed by atoms with Gasteiger partial charge < -0.3 is 9.42 Å². The predicted octanol–water partition coefficient (Wildman–Crippen LogP) is -3.26. The van der Waals surface area contributed by atoms with Crippen LogP contribution in [0.3, 0.4) is 0 Å². The standard InChI is InChI=1S/C3H7O4P.Na/c1-3(4)7-8(2,5)6;/h1-2H3,(H,5,6);/q;+1/p-1. The summed E-state index contributed by atoms with van der Waals surface area (Å²) in [5, 5.41) is 0. The maximum atomic E-state index is 10.0. The fourth-order valence-electron chi connectivity index (χ4n) is 0.234. The summed E-state index contributed by atoms with van der Waals surface area (Å²) in [5.74, 6) is -0.800. The van der Waals surface area contributed by atoms with Crippen molar-refractivity contribution in [2.45, 2.75) is 6.92 Å². The Morgan fingerprint density at radius 1 is 1.67 bits per heavy atom. The van der Waals surface area contributed by atoms with Crippen molar-refractivity contribution < 1.29 is 48.3 Å². The summed E-state index contributed by atoms with van der Waals surface area (Å²) in [4.78, 5) is 19.9. The van der Waals surface area contributed by atoms with Crippen LogP contribution in [0.2, 0.25) is 0 Å². The van der Waals surface area contributed by atoms with E-state index in [1.54, 1.807) is 0 Å². The van der Waals surface area contributed by atoms with Crippen LogP contribution >= 0.6 is 7.60 Å². The fourth-order valence-corrected chi connectivity index (χ4v) is 0.701. The third kappa shape index (κ3) is 12.0. The fraction of sp³-hybridized carbons (Fsp3) is 0.667. The molecule has 0 aromatic heterocycles. The summed E-state index contributed by atoms with van der Waals surface area (Å²) in [7, 11) is -3.82. The van der Waals surface area contributed by atoms with E-state index in [0.29, 0.717) is 0 Å². The van der Waals surface area contributed by atoms with Gasteiger partial charge in [0.2, 0.25) is 0 Å². The first-order valence-corrected chi connectivity index (χ1v) is 3.89. The van der Waals surface area contributed by atoms with Gasteiger partial charge in [0.15, 0.2) is 7.60 Å². The molecule has 0 aliphatic rings. The number of carbonyl (C=O) groups excluding carboxylic acids is 1. The quantitative estimate of drug-likeness (QED) is 0.298. The normalized spacial score (nSPS) is 15.0. The molecule has 48 valence electrons. The van der Waals surface area contributed by atoms with Crippen LogP contribution in [-0.2, 0) is 13.9 Å². The van der Waals surface area contributed by atoms with Gasteiger partial charge in [-0.2, -0.15) is 0 Å². The summed E-state index contributed by atoms with van der Waals surface area (Å²) >= 11 is 0. The minimum Gasteiger partial charge on any atom is -0.769 e. The van der Waals surface area contributed by atoms with Crippen molar-refractivity contribution >= 4 is 13.6 Å². The Hall–Kier alpha value is 0.660. The van der Waals surface area contributed by atoms with Crippen LogP contribution in [0.1, 0.15) is 6.92 Å². The topological polar surface area (TPSA) is 66.4 Å². The molecule has 0 aromatic rings. The smallest absolute Gasteiger partial charge is 0.769 e. The minimum absolute atomic E-state index is 0. The zero-order valence-electron chi connectivity index (χ0n) is 5.58. The first-order chi connectivity index (χ1) is 3.42. The zero-order chi connectivity index (χ0) is 6.78. The molecule has 9 heavy (non-hydrogen) atoms. The molecule has 0 amide bonds. The molecule has 6 heteroatoms. The van der Waals surface area contributed by atoms with Gasteiger partial charge in [-0.05, 0) is 0 Å². The molecule has 1 unspecified atom stereocenters. The average molecular weight is 160 g/mol. The number of hydrogen-bond donors (Lipinski definition) is 0. The van der Waals surface area contributed by atoms with Gasteiger partial charge in [-0.3, -0.25) is 9.36 Å². The second-order valence-corrected chi connectivity index (χ2v) is 3.08. The summed E-state index contributed by atoms with van der Waals surface area (Å²) in [6, 6.07) is 0. The first-order valence-electron chi connectivity index (χ1n) is 1.90. The van der Waals surface area contributed by atoms with E-state index in [2.05, 4.69) is 4.52 Å². The summed E-state index contributed by atoms with van der Waals surface area (Å²) in [5.41, 5.74) is 0. The molecule has 0 radical (unpaired) electrons. The van der Waals surface area contributed by atoms with Crippen molar-refractivity contribution in [2.75, 3.05) is 6.66 Å². The Balaban J connectivity index is 0. The molecule has 0 aromatic carbocycles. The van der Waals surface area contributed by atoms with Gasteiger partial charge in [0.25, 0.3) is 0 Å². The van der Waals surface area contributed by atoms with Crippen LogP contribution in [-0.4, -0.2) is 12.6 Å². The molecule has 0 rings (SSSR count). The number of hydrogen-bond acceptors (Lipinski definition) is 4. The Morgan fingerprint density at radius 2 is 2.00 bits per heavy atom. The van der Waals surface area contributed by atoms with E-state index in [1.807, 2.05) is 0 Å². The van der Waals surface area contributed by atoms with Crippen LogP contribution in [0.5, 0.6) is 0 Å². The molecular weight excluding hydrogens is 154 g/mol. The van der Waals surface area contributed by atoms with Crippen LogP contribution in [0.15, 0.2) is 0 Å².